The Kier molecular flexibility index (Phi) is 6.87. The molecule has 5 heteroatoms. The molecule has 1 atom stereocenters. The monoisotopic (exact) mass is 586 g/mol. The maximum absolute atomic E-state index is 5.09. The van der Waals surface area contributed by atoms with Crippen LogP contribution in [0, 0.1) is 0 Å². The number of thiophene rings is 1. The molecule has 0 spiro atoms. The Morgan fingerprint density at radius 3 is 2.05 bits per heavy atom. The first kappa shape index (κ1) is 26.4. The second-order valence-electron chi connectivity index (χ2n) is 11.0. The summed E-state index contributed by atoms with van der Waals surface area (Å²) in [5.74, 6) is 0.891. The molecule has 0 radical (unpaired) electrons. The van der Waals surface area contributed by atoms with Gasteiger partial charge in [0, 0.05) is 38.8 Å². The third-order valence-corrected chi connectivity index (χ3v) is 9.35. The van der Waals surface area contributed by atoms with Gasteiger partial charge in [0.15, 0.2) is 0 Å². The molecule has 1 aliphatic heterocycles. The molecule has 7 aromatic rings. The molecule has 0 saturated carbocycles. The van der Waals surface area contributed by atoms with Crippen LogP contribution in [0.15, 0.2) is 157 Å². The third-order valence-electron chi connectivity index (χ3n) is 8.15. The van der Waals surface area contributed by atoms with Crippen molar-refractivity contribution in [3.05, 3.63) is 168 Å². The van der Waals surface area contributed by atoms with Crippen molar-refractivity contribution in [2.24, 2.45) is 4.99 Å². The van der Waals surface area contributed by atoms with E-state index in [9.17, 15) is 0 Å². The Morgan fingerprint density at radius 1 is 0.636 bits per heavy atom. The Hall–Kier alpha value is -5.23. The lowest BCUT2D eigenvalue weighted by atomic mass is 10.0. The molecule has 44 heavy (non-hydrogen) atoms. The van der Waals surface area contributed by atoms with Gasteiger partial charge in [-0.2, -0.15) is 5.01 Å². The normalized spacial score (nSPS) is 14.9. The number of amidine groups is 1. The molecule has 6 aromatic carbocycles. The highest BCUT2D eigenvalue weighted by Gasteiger charge is 2.28. The van der Waals surface area contributed by atoms with Gasteiger partial charge in [-0.15, -0.1) is 11.3 Å². The zero-order valence-corrected chi connectivity index (χ0v) is 24.8. The van der Waals surface area contributed by atoms with Gasteiger partial charge in [-0.05, 0) is 34.9 Å². The maximum atomic E-state index is 5.09. The van der Waals surface area contributed by atoms with E-state index in [0.717, 1.165) is 28.3 Å². The highest BCUT2D eigenvalue weighted by molar-refractivity contribution is 7.26. The molecule has 1 unspecified atom stereocenters. The zero-order valence-electron chi connectivity index (χ0n) is 24.0. The fourth-order valence-electron chi connectivity index (χ4n) is 5.96. The molecule has 212 valence electrons. The van der Waals surface area contributed by atoms with E-state index in [2.05, 4.69) is 143 Å². The van der Waals surface area contributed by atoms with Crippen LogP contribution >= 0.6 is 11.3 Å². The topological polar surface area (TPSA) is 39.7 Å². The third kappa shape index (κ3) is 5.02. The molecule has 8 rings (SSSR count). The van der Waals surface area contributed by atoms with Crippen LogP contribution in [0.5, 0.6) is 0 Å². The lowest BCUT2D eigenvalue weighted by Crippen LogP contribution is -2.37. The molecule has 0 aliphatic carbocycles. The molecule has 1 aromatic heterocycles. The number of anilines is 2. The summed E-state index contributed by atoms with van der Waals surface area (Å²) in [4.78, 5) is 5.09. The van der Waals surface area contributed by atoms with Crippen molar-refractivity contribution in [2.75, 3.05) is 5.32 Å². The van der Waals surface area contributed by atoms with Gasteiger partial charge >= 0.3 is 0 Å². The standard InChI is InChI=1S/C39H30N4S/c1-4-12-28(13-5-1)32-24-25-34-33-18-10-11-19-35(33)44-37(34)36(32)40-31-22-20-27(21-23-31)26-43-39(30-16-8-3-9-17-30)41-38(42-43)29-14-6-2-7-15-29/h1-25,39-40H,26H2,(H,41,42). The number of benzene rings is 6. The second kappa shape index (κ2) is 11.5. The quantitative estimate of drug-likeness (QED) is 0.195. The maximum Gasteiger partial charge on any atom is 0.147 e. The molecule has 0 fully saturated rings. The fraction of sp³-hybridized carbons (Fsp3) is 0.0513. The van der Waals surface area contributed by atoms with Gasteiger partial charge in [-0.3, -0.25) is 0 Å². The number of hydrazine groups is 1. The summed E-state index contributed by atoms with van der Waals surface area (Å²) in [6.07, 6.45) is -0.108. The van der Waals surface area contributed by atoms with Crippen molar-refractivity contribution in [3.8, 4) is 11.1 Å². The lowest BCUT2D eigenvalue weighted by Gasteiger charge is -2.24. The number of nitrogens with zero attached hydrogens (tertiary/aromatic N) is 2. The summed E-state index contributed by atoms with van der Waals surface area (Å²) in [5, 5.41) is 8.61. The van der Waals surface area contributed by atoms with Crippen LogP contribution in [0.1, 0.15) is 22.9 Å². The van der Waals surface area contributed by atoms with Crippen LogP contribution in [0.4, 0.5) is 11.4 Å². The number of fused-ring (bicyclic) bond motifs is 3. The molecule has 4 nitrogen and oxygen atoms in total. The highest BCUT2D eigenvalue weighted by Crippen LogP contribution is 2.44. The van der Waals surface area contributed by atoms with E-state index in [1.54, 1.807) is 0 Å². The predicted molar refractivity (Wildman–Crippen MR) is 185 cm³/mol. The summed E-state index contributed by atoms with van der Waals surface area (Å²) in [5.41, 5.74) is 11.6. The minimum absolute atomic E-state index is 0.108. The van der Waals surface area contributed by atoms with Crippen LogP contribution in [0.2, 0.25) is 0 Å². The smallest absolute Gasteiger partial charge is 0.147 e. The van der Waals surface area contributed by atoms with E-state index < -0.39 is 0 Å². The van der Waals surface area contributed by atoms with E-state index in [0.29, 0.717) is 6.54 Å². The second-order valence-corrected chi connectivity index (χ2v) is 12.1. The van der Waals surface area contributed by atoms with Gasteiger partial charge < -0.3 is 10.7 Å². The van der Waals surface area contributed by atoms with Gasteiger partial charge in [0.25, 0.3) is 0 Å². The molecule has 1 aliphatic rings. The zero-order chi connectivity index (χ0) is 29.3. The van der Waals surface area contributed by atoms with E-state index in [-0.39, 0.29) is 6.17 Å². The lowest BCUT2D eigenvalue weighted by molar-refractivity contribution is 0.181. The van der Waals surface area contributed by atoms with E-state index >= 15 is 0 Å². The first-order valence-electron chi connectivity index (χ1n) is 14.9. The molecule has 0 amide bonds. The summed E-state index contributed by atoms with van der Waals surface area (Å²) in [6.45, 7) is 0.709. The number of hydrogen-bond acceptors (Lipinski definition) is 5. The highest BCUT2D eigenvalue weighted by atomic mass is 32.1. The SMILES string of the molecule is c1ccc(C2=NC(c3ccccc3)N(Cc3ccc(Nc4c(-c5ccccc5)ccc5c4sc4ccccc45)cc3)N2)cc1. The molecular weight excluding hydrogens is 557 g/mol. The van der Waals surface area contributed by atoms with Crippen LogP contribution in [0.25, 0.3) is 31.3 Å². The summed E-state index contributed by atoms with van der Waals surface area (Å²) in [7, 11) is 0. The van der Waals surface area contributed by atoms with Crippen LogP contribution in [0.3, 0.4) is 0 Å². The van der Waals surface area contributed by atoms with E-state index in [1.807, 2.05) is 35.6 Å². The number of aliphatic imine (C=N–C) groups is 1. The Bertz CT molecular complexity index is 2090. The Balaban J connectivity index is 1.10. The Labute approximate surface area is 260 Å². The number of hydrogen-bond donors (Lipinski definition) is 2. The predicted octanol–water partition coefficient (Wildman–Crippen LogP) is 9.93. The van der Waals surface area contributed by atoms with Gasteiger partial charge in [0.1, 0.15) is 12.0 Å². The molecule has 0 saturated heterocycles. The summed E-state index contributed by atoms with van der Waals surface area (Å²) < 4.78 is 2.57. The summed E-state index contributed by atoms with van der Waals surface area (Å²) >= 11 is 1.85. The molecular formula is C39H30N4S. The fourth-order valence-corrected chi connectivity index (χ4v) is 7.17. The van der Waals surface area contributed by atoms with E-state index in [4.69, 9.17) is 4.99 Å². The average Bonchev–Trinajstić information content (AvgIpc) is 3.69. The van der Waals surface area contributed by atoms with Crippen molar-refractivity contribution < 1.29 is 0 Å². The molecule has 2 N–H and O–H groups in total. The van der Waals surface area contributed by atoms with Gasteiger partial charge in [-0.25, -0.2) is 4.99 Å². The Morgan fingerprint density at radius 2 is 1.30 bits per heavy atom. The number of rotatable bonds is 7. The molecule has 0 bridgehead atoms. The minimum atomic E-state index is -0.108. The van der Waals surface area contributed by atoms with Crippen molar-refractivity contribution in [1.82, 2.24) is 10.4 Å². The van der Waals surface area contributed by atoms with Crippen molar-refractivity contribution in [1.29, 1.82) is 0 Å². The van der Waals surface area contributed by atoms with Crippen molar-refractivity contribution in [2.45, 2.75) is 12.7 Å². The van der Waals surface area contributed by atoms with Gasteiger partial charge in [0.2, 0.25) is 0 Å². The van der Waals surface area contributed by atoms with E-state index in [1.165, 1.54) is 36.9 Å². The van der Waals surface area contributed by atoms with Crippen LogP contribution in [-0.2, 0) is 6.54 Å². The number of nitrogens with one attached hydrogen (secondary N) is 2. The van der Waals surface area contributed by atoms with Crippen molar-refractivity contribution in [3.63, 3.8) is 0 Å². The van der Waals surface area contributed by atoms with Gasteiger partial charge in [0.05, 0.1) is 10.4 Å². The average molecular weight is 587 g/mol. The first-order chi connectivity index (χ1) is 21.8. The molecule has 2 heterocycles. The van der Waals surface area contributed by atoms with Crippen molar-refractivity contribution >= 4 is 48.7 Å². The van der Waals surface area contributed by atoms with Gasteiger partial charge in [-0.1, -0.05) is 133 Å². The largest absolute Gasteiger partial charge is 0.354 e. The first-order valence-corrected chi connectivity index (χ1v) is 15.7. The minimum Gasteiger partial charge on any atom is -0.354 e. The van der Waals surface area contributed by atoms with Crippen LogP contribution in [-0.4, -0.2) is 10.8 Å². The van der Waals surface area contributed by atoms with Crippen LogP contribution < -0.4 is 10.7 Å². The summed E-state index contributed by atoms with van der Waals surface area (Å²) in [6, 6.07) is 53.4.